The minimum absolute atomic E-state index is 0.292. The maximum atomic E-state index is 13.6. The van der Waals surface area contributed by atoms with Crippen LogP contribution >= 0.6 is 21.6 Å². The van der Waals surface area contributed by atoms with Crippen LogP contribution in [0.3, 0.4) is 0 Å². The zero-order chi connectivity index (χ0) is 33.3. The molecule has 0 bridgehead atoms. The van der Waals surface area contributed by atoms with Crippen LogP contribution in [0.15, 0.2) is 0 Å². The quantitative estimate of drug-likeness (QED) is 0.0614. The molecule has 0 saturated heterocycles. The van der Waals surface area contributed by atoms with Crippen molar-refractivity contribution in [2.75, 3.05) is 26.2 Å². The van der Waals surface area contributed by atoms with Crippen molar-refractivity contribution >= 4 is 33.4 Å². The fraction of sp³-hybridized carbons (Fsp3) is 0.944. The van der Waals surface area contributed by atoms with E-state index in [1.54, 1.807) is 0 Å². The molecule has 0 aliphatic heterocycles. The molecule has 262 valence electrons. The molecule has 0 spiro atoms. The lowest BCUT2D eigenvalue weighted by atomic mass is 9.95. The number of nitrogens with zero attached hydrogens (tertiary/aromatic N) is 2. The lowest BCUT2D eigenvalue weighted by molar-refractivity contribution is -0.138. The van der Waals surface area contributed by atoms with E-state index in [1.165, 1.54) is 0 Å². The van der Waals surface area contributed by atoms with Gasteiger partial charge in [-0.15, -0.1) is 0 Å². The van der Waals surface area contributed by atoms with Gasteiger partial charge in [-0.1, -0.05) is 132 Å². The van der Waals surface area contributed by atoms with E-state index < -0.39 is 10.9 Å². The molecule has 6 atom stereocenters. The summed E-state index contributed by atoms with van der Waals surface area (Å²) in [6.45, 7) is 20.1. The molecular weight excluding hydrogens is 589 g/mol. The van der Waals surface area contributed by atoms with Crippen LogP contribution in [0.1, 0.15) is 158 Å². The topological polar surface area (TPSA) is 81.1 Å². The third-order valence-electron chi connectivity index (χ3n) is 9.37. The van der Waals surface area contributed by atoms with Gasteiger partial charge in [-0.25, -0.2) is 0 Å². The highest BCUT2D eigenvalue weighted by molar-refractivity contribution is 8.77. The molecule has 0 aromatic rings. The first-order valence-electron chi connectivity index (χ1n) is 18.4. The van der Waals surface area contributed by atoms with Crippen molar-refractivity contribution in [1.82, 2.24) is 9.80 Å². The second-order valence-corrected chi connectivity index (χ2v) is 15.5. The fourth-order valence-electron chi connectivity index (χ4n) is 5.92. The Balaban J connectivity index is 5.64. The second-order valence-electron chi connectivity index (χ2n) is 13.0. The number of hydrogen-bond donors (Lipinski definition) is 2. The van der Waals surface area contributed by atoms with E-state index in [-0.39, 0.29) is 11.8 Å². The van der Waals surface area contributed by atoms with Gasteiger partial charge in [0.2, 0.25) is 0 Å². The van der Waals surface area contributed by atoms with Crippen molar-refractivity contribution in [3.63, 3.8) is 0 Å². The summed E-state index contributed by atoms with van der Waals surface area (Å²) < 4.78 is 0. The van der Waals surface area contributed by atoms with E-state index in [0.717, 1.165) is 124 Å². The molecule has 8 heteroatoms. The molecule has 44 heavy (non-hydrogen) atoms. The van der Waals surface area contributed by atoms with Gasteiger partial charge in [0.05, 0.1) is 0 Å². The van der Waals surface area contributed by atoms with Gasteiger partial charge in [0.25, 0.3) is 11.8 Å². The number of unbranched alkanes of at least 4 members (excludes halogenated alkanes) is 4. The van der Waals surface area contributed by atoms with E-state index in [2.05, 4.69) is 55.4 Å². The van der Waals surface area contributed by atoms with Gasteiger partial charge in [-0.3, -0.25) is 9.59 Å². The zero-order valence-electron chi connectivity index (χ0n) is 30.0. The second kappa shape index (κ2) is 27.7. The van der Waals surface area contributed by atoms with Crippen LogP contribution in [0.5, 0.6) is 0 Å². The molecule has 0 fully saturated rings. The SMILES string of the molecule is CCCCC(CC)CN(CC(CC)CCCC)C(=O)C(O)SSC(O)C(=O)N(CC(CC)CCCC)CC(CC)CCCC. The van der Waals surface area contributed by atoms with Crippen LogP contribution in [-0.4, -0.2) is 68.9 Å². The van der Waals surface area contributed by atoms with Crippen LogP contribution in [-0.2, 0) is 9.59 Å². The summed E-state index contributed by atoms with van der Waals surface area (Å²) in [5.41, 5.74) is -2.63. The molecular formula is C36H72N2O4S2. The Morgan fingerprint density at radius 2 is 0.705 bits per heavy atom. The number of carbonyl (C=O) groups is 2. The molecule has 2 amide bonds. The maximum Gasteiger partial charge on any atom is 0.262 e. The zero-order valence-corrected chi connectivity index (χ0v) is 31.7. The van der Waals surface area contributed by atoms with Gasteiger partial charge in [0.1, 0.15) is 0 Å². The van der Waals surface area contributed by atoms with Crippen molar-refractivity contribution in [2.24, 2.45) is 23.7 Å². The molecule has 0 heterocycles. The lowest BCUT2D eigenvalue weighted by Gasteiger charge is -2.33. The largest absolute Gasteiger partial charge is 0.373 e. The van der Waals surface area contributed by atoms with Crippen molar-refractivity contribution < 1.29 is 19.8 Å². The molecule has 6 nitrogen and oxygen atoms in total. The lowest BCUT2D eigenvalue weighted by Crippen LogP contribution is -2.44. The van der Waals surface area contributed by atoms with Crippen LogP contribution in [0.4, 0.5) is 0 Å². The number of rotatable bonds is 29. The van der Waals surface area contributed by atoms with Crippen molar-refractivity contribution in [3.05, 3.63) is 0 Å². The van der Waals surface area contributed by atoms with Crippen LogP contribution in [0, 0.1) is 23.7 Å². The summed E-state index contributed by atoms with van der Waals surface area (Å²) in [7, 11) is 1.86. The average molecular weight is 661 g/mol. The van der Waals surface area contributed by atoms with Crippen molar-refractivity contribution in [3.8, 4) is 0 Å². The van der Waals surface area contributed by atoms with Gasteiger partial charge < -0.3 is 20.0 Å². The fourth-order valence-corrected chi connectivity index (χ4v) is 7.72. The molecule has 0 aromatic carbocycles. The minimum Gasteiger partial charge on any atom is -0.373 e. The van der Waals surface area contributed by atoms with E-state index in [4.69, 9.17) is 0 Å². The third kappa shape index (κ3) is 18.6. The first-order valence-corrected chi connectivity index (χ1v) is 20.7. The number of amides is 2. The Kier molecular flexibility index (Phi) is 27.4. The summed E-state index contributed by atoms with van der Waals surface area (Å²) in [5, 5.41) is 22.1. The highest BCUT2D eigenvalue weighted by Gasteiger charge is 2.31. The predicted molar refractivity (Wildman–Crippen MR) is 194 cm³/mol. The summed E-state index contributed by atoms with van der Waals surface area (Å²) in [6.07, 6.45) is 17.4. The van der Waals surface area contributed by atoms with E-state index in [0.29, 0.717) is 49.9 Å². The van der Waals surface area contributed by atoms with Gasteiger partial charge in [0, 0.05) is 26.2 Å². The smallest absolute Gasteiger partial charge is 0.262 e. The molecule has 0 aliphatic rings. The number of carbonyl (C=O) groups excluding carboxylic acids is 2. The number of aliphatic hydroxyl groups excluding tert-OH is 2. The van der Waals surface area contributed by atoms with E-state index >= 15 is 0 Å². The molecule has 0 aromatic heterocycles. The normalized spacial score (nSPS) is 15.8. The molecule has 0 aliphatic carbocycles. The summed E-state index contributed by atoms with van der Waals surface area (Å²) in [4.78, 5) is 31.0. The Morgan fingerprint density at radius 1 is 0.477 bits per heavy atom. The number of hydrogen-bond acceptors (Lipinski definition) is 6. The Morgan fingerprint density at radius 3 is 0.886 bits per heavy atom. The monoisotopic (exact) mass is 660 g/mol. The van der Waals surface area contributed by atoms with Crippen LogP contribution in [0.2, 0.25) is 0 Å². The molecule has 0 radical (unpaired) electrons. The van der Waals surface area contributed by atoms with Crippen molar-refractivity contribution in [2.45, 2.75) is 169 Å². The molecule has 0 rings (SSSR count). The van der Waals surface area contributed by atoms with Gasteiger partial charge >= 0.3 is 0 Å². The maximum absolute atomic E-state index is 13.6. The van der Waals surface area contributed by atoms with E-state index in [1.807, 2.05) is 9.80 Å². The first kappa shape index (κ1) is 43.6. The highest BCUT2D eigenvalue weighted by atomic mass is 33.1. The highest BCUT2D eigenvalue weighted by Crippen LogP contribution is 2.32. The van der Waals surface area contributed by atoms with Gasteiger partial charge in [-0.05, 0) is 70.9 Å². The Labute approximate surface area is 281 Å². The first-order chi connectivity index (χ1) is 21.1. The minimum atomic E-state index is -1.32. The third-order valence-corrected chi connectivity index (χ3v) is 11.7. The molecule has 0 saturated carbocycles. The average Bonchev–Trinajstić information content (AvgIpc) is 3.04. The summed E-state index contributed by atoms with van der Waals surface area (Å²) in [5.74, 6) is 1.05. The van der Waals surface area contributed by atoms with Gasteiger partial charge in [0.15, 0.2) is 10.9 Å². The van der Waals surface area contributed by atoms with Crippen LogP contribution in [0.25, 0.3) is 0 Å². The predicted octanol–water partition coefficient (Wildman–Crippen LogP) is 9.53. The van der Waals surface area contributed by atoms with E-state index in [9.17, 15) is 19.8 Å². The Bertz CT molecular complexity index is 620. The summed E-state index contributed by atoms with van der Waals surface area (Å²) in [6, 6.07) is 0. The standard InChI is InChI=1S/C36H72N2O4S2/c1-9-17-21-29(13-5)25-37(26-30(14-6)22-18-10-2)33(39)35(41)43-44-36(42)34(40)38(27-31(15-7)23-19-11-3)28-32(16-8)24-20-12-4/h29-32,35-36,41-42H,9-28H2,1-8H3. The molecule has 6 unspecified atom stereocenters. The molecule has 2 N–H and O–H groups in total. The van der Waals surface area contributed by atoms with Crippen LogP contribution < -0.4 is 0 Å². The Hall–Kier alpha value is -0.440. The summed E-state index contributed by atoms with van der Waals surface area (Å²) >= 11 is 0. The number of aliphatic hydroxyl groups is 2. The van der Waals surface area contributed by atoms with Gasteiger partial charge in [-0.2, -0.15) is 0 Å². The van der Waals surface area contributed by atoms with Crippen molar-refractivity contribution in [1.29, 1.82) is 0 Å².